The Bertz CT molecular complexity index is 786. The van der Waals surface area contributed by atoms with Gasteiger partial charge in [-0.3, -0.25) is 4.79 Å². The number of allylic oxidation sites excluding steroid dienone is 3. The second-order valence-electron chi connectivity index (χ2n) is 5.30. The predicted octanol–water partition coefficient (Wildman–Crippen LogP) is 4.65. The van der Waals surface area contributed by atoms with Gasteiger partial charge in [-0.05, 0) is 37.6 Å². The first-order valence-corrected chi connectivity index (χ1v) is 7.62. The van der Waals surface area contributed by atoms with E-state index in [1.165, 1.54) is 6.08 Å². The summed E-state index contributed by atoms with van der Waals surface area (Å²) < 4.78 is 11.4. The van der Waals surface area contributed by atoms with Crippen LogP contribution in [0.25, 0.3) is 5.57 Å². The van der Waals surface area contributed by atoms with Crippen molar-refractivity contribution in [1.82, 2.24) is 0 Å². The largest absolute Gasteiger partial charge is 0.494 e. The van der Waals surface area contributed by atoms with Gasteiger partial charge in [0.1, 0.15) is 17.3 Å². The first-order valence-electron chi connectivity index (χ1n) is 7.62. The molecule has 0 radical (unpaired) electrons. The van der Waals surface area contributed by atoms with Crippen LogP contribution in [0.4, 0.5) is 0 Å². The van der Waals surface area contributed by atoms with Crippen molar-refractivity contribution in [2.24, 2.45) is 0 Å². The molecule has 0 bridgehead atoms. The van der Waals surface area contributed by atoms with Gasteiger partial charge in [0.25, 0.3) is 0 Å². The highest BCUT2D eigenvalue weighted by Gasteiger charge is 2.16. The zero-order chi connectivity index (χ0) is 16.2. The summed E-state index contributed by atoms with van der Waals surface area (Å²) in [5.41, 5.74) is 2.71. The maximum Gasteiger partial charge on any atom is 0.189 e. The molecule has 2 aromatic carbocycles. The fourth-order valence-corrected chi connectivity index (χ4v) is 2.50. The maximum atomic E-state index is 12.3. The number of hydrogen-bond acceptors (Lipinski definition) is 3. The summed E-state index contributed by atoms with van der Waals surface area (Å²) in [6.07, 6.45) is 3.40. The molecule has 0 unspecified atom stereocenters. The van der Waals surface area contributed by atoms with Crippen molar-refractivity contribution in [3.63, 3.8) is 0 Å². The fourth-order valence-electron chi connectivity index (χ4n) is 2.50. The minimum absolute atomic E-state index is 0.0749. The van der Waals surface area contributed by atoms with Crippen LogP contribution in [0.1, 0.15) is 29.8 Å². The number of fused-ring (bicyclic) bond motifs is 1. The molecule has 0 fully saturated rings. The number of carbonyl (C=O) groups excluding carboxylic acids is 1. The Morgan fingerprint density at radius 1 is 1.17 bits per heavy atom. The summed E-state index contributed by atoms with van der Waals surface area (Å²) in [7, 11) is 0. The molecule has 23 heavy (non-hydrogen) atoms. The Kier molecular flexibility index (Phi) is 4.29. The number of carbonyl (C=O) groups is 1. The van der Waals surface area contributed by atoms with Crippen molar-refractivity contribution in [1.29, 1.82) is 0 Å². The van der Waals surface area contributed by atoms with E-state index in [1.807, 2.05) is 56.3 Å². The molecule has 1 heterocycles. The molecule has 0 spiro atoms. The van der Waals surface area contributed by atoms with Crippen LogP contribution in [0.3, 0.4) is 0 Å². The Balaban J connectivity index is 1.90. The smallest absolute Gasteiger partial charge is 0.189 e. The molecule has 0 atom stereocenters. The van der Waals surface area contributed by atoms with Crippen molar-refractivity contribution in [3.8, 4) is 11.5 Å². The van der Waals surface area contributed by atoms with Crippen LogP contribution in [-0.4, -0.2) is 12.4 Å². The first-order chi connectivity index (χ1) is 11.2. The molecule has 0 N–H and O–H groups in total. The van der Waals surface area contributed by atoms with Gasteiger partial charge in [0, 0.05) is 23.3 Å². The molecule has 116 valence electrons. The van der Waals surface area contributed by atoms with Crippen LogP contribution in [0.15, 0.2) is 66.4 Å². The third-order valence-corrected chi connectivity index (χ3v) is 3.61. The first kappa shape index (κ1) is 15.1. The number of rotatable bonds is 4. The number of ketones is 1. The van der Waals surface area contributed by atoms with Gasteiger partial charge >= 0.3 is 0 Å². The molecule has 2 aromatic rings. The van der Waals surface area contributed by atoms with Crippen LogP contribution in [0.2, 0.25) is 0 Å². The molecule has 3 heteroatoms. The van der Waals surface area contributed by atoms with Crippen molar-refractivity contribution in [2.75, 3.05) is 6.61 Å². The zero-order valence-corrected chi connectivity index (χ0v) is 13.2. The highest BCUT2D eigenvalue weighted by atomic mass is 16.5. The molecular formula is C20H18O3. The summed E-state index contributed by atoms with van der Waals surface area (Å²) in [6.45, 7) is 4.54. The van der Waals surface area contributed by atoms with Gasteiger partial charge < -0.3 is 9.47 Å². The van der Waals surface area contributed by atoms with Crippen molar-refractivity contribution in [3.05, 3.63) is 77.6 Å². The van der Waals surface area contributed by atoms with Crippen LogP contribution < -0.4 is 9.47 Å². The standard InChI is InChI=1S/C20H18O3/c1-3-22-16-9-10-18-14(2)11-17(23-20(18)13-16)12-19(21)15-7-5-4-6-8-15/h4-13H,3H2,1-2H3. The lowest BCUT2D eigenvalue weighted by Crippen LogP contribution is -2.05. The van der Waals surface area contributed by atoms with Gasteiger partial charge in [-0.2, -0.15) is 0 Å². The van der Waals surface area contributed by atoms with E-state index in [-0.39, 0.29) is 5.78 Å². The molecule has 3 rings (SSSR count). The van der Waals surface area contributed by atoms with Crippen molar-refractivity contribution >= 4 is 11.4 Å². The summed E-state index contributed by atoms with van der Waals surface area (Å²) >= 11 is 0. The minimum Gasteiger partial charge on any atom is -0.494 e. The summed E-state index contributed by atoms with van der Waals surface area (Å²) in [6, 6.07) is 14.9. The average molecular weight is 306 g/mol. The van der Waals surface area contributed by atoms with Crippen molar-refractivity contribution in [2.45, 2.75) is 13.8 Å². The zero-order valence-electron chi connectivity index (χ0n) is 13.2. The fraction of sp³-hybridized carbons (Fsp3) is 0.150. The minimum atomic E-state index is -0.0749. The molecule has 0 saturated heterocycles. The molecular weight excluding hydrogens is 288 g/mol. The van der Waals surface area contributed by atoms with E-state index < -0.39 is 0 Å². The Labute approximate surface area is 135 Å². The molecule has 0 amide bonds. The van der Waals surface area contributed by atoms with E-state index in [4.69, 9.17) is 9.47 Å². The van der Waals surface area contributed by atoms with Gasteiger partial charge in [-0.25, -0.2) is 0 Å². The van der Waals surface area contributed by atoms with E-state index in [9.17, 15) is 4.79 Å². The third-order valence-electron chi connectivity index (χ3n) is 3.61. The highest BCUT2D eigenvalue weighted by Crippen LogP contribution is 2.35. The lowest BCUT2D eigenvalue weighted by molar-refractivity contribution is 0.104. The summed E-state index contributed by atoms with van der Waals surface area (Å²) in [5, 5.41) is 0. The quantitative estimate of drug-likeness (QED) is 0.609. The monoisotopic (exact) mass is 306 g/mol. The van der Waals surface area contributed by atoms with Gasteiger partial charge in [0.15, 0.2) is 5.78 Å². The second-order valence-corrected chi connectivity index (χ2v) is 5.30. The van der Waals surface area contributed by atoms with E-state index >= 15 is 0 Å². The molecule has 1 aliphatic heterocycles. The van der Waals surface area contributed by atoms with Gasteiger partial charge in [0.05, 0.1) is 6.61 Å². The summed E-state index contributed by atoms with van der Waals surface area (Å²) in [5.74, 6) is 1.93. The van der Waals surface area contributed by atoms with Crippen molar-refractivity contribution < 1.29 is 14.3 Å². The van der Waals surface area contributed by atoms with Crippen LogP contribution >= 0.6 is 0 Å². The van der Waals surface area contributed by atoms with E-state index in [1.54, 1.807) is 12.1 Å². The molecule has 0 saturated carbocycles. The Morgan fingerprint density at radius 2 is 1.96 bits per heavy atom. The maximum absolute atomic E-state index is 12.3. The number of ether oxygens (including phenoxy) is 2. The number of hydrogen-bond donors (Lipinski definition) is 0. The van der Waals surface area contributed by atoms with E-state index in [2.05, 4.69) is 0 Å². The topological polar surface area (TPSA) is 35.5 Å². The summed E-state index contributed by atoms with van der Waals surface area (Å²) in [4.78, 5) is 12.3. The van der Waals surface area contributed by atoms with E-state index in [0.29, 0.717) is 23.7 Å². The van der Waals surface area contributed by atoms with Gasteiger partial charge in [-0.15, -0.1) is 0 Å². The molecule has 3 nitrogen and oxygen atoms in total. The average Bonchev–Trinajstić information content (AvgIpc) is 2.55. The molecule has 0 aliphatic carbocycles. The van der Waals surface area contributed by atoms with Gasteiger partial charge in [0.2, 0.25) is 0 Å². The Hall–Kier alpha value is -2.81. The van der Waals surface area contributed by atoms with Crippen LogP contribution in [0.5, 0.6) is 11.5 Å². The van der Waals surface area contributed by atoms with Gasteiger partial charge in [-0.1, -0.05) is 30.3 Å². The highest BCUT2D eigenvalue weighted by molar-refractivity contribution is 6.05. The third kappa shape index (κ3) is 3.34. The lowest BCUT2D eigenvalue weighted by Gasteiger charge is -2.19. The van der Waals surface area contributed by atoms with Crippen LogP contribution in [-0.2, 0) is 0 Å². The molecule has 1 aliphatic rings. The predicted molar refractivity (Wildman–Crippen MR) is 90.7 cm³/mol. The number of benzene rings is 2. The second kappa shape index (κ2) is 6.53. The Morgan fingerprint density at radius 3 is 2.70 bits per heavy atom. The van der Waals surface area contributed by atoms with E-state index in [0.717, 1.165) is 16.9 Å². The SMILES string of the molecule is CCOc1ccc2c(c1)OC(=CC(=O)c1ccccc1)C=C2C. The normalized spacial score (nSPS) is 14.7. The molecule has 0 aromatic heterocycles. The lowest BCUT2D eigenvalue weighted by atomic mass is 10.0. The van der Waals surface area contributed by atoms with Crippen LogP contribution in [0, 0.1) is 0 Å².